The lowest BCUT2D eigenvalue weighted by molar-refractivity contribution is 0.0735. The Morgan fingerprint density at radius 1 is 1.07 bits per heavy atom. The van der Waals surface area contributed by atoms with Gasteiger partial charge in [0.1, 0.15) is 11.6 Å². The molecule has 0 aliphatic carbocycles. The fourth-order valence-corrected chi connectivity index (χ4v) is 3.00. The molecule has 1 aromatic heterocycles. The number of hydrogen-bond donors (Lipinski definition) is 0. The van der Waals surface area contributed by atoms with E-state index in [1.807, 2.05) is 0 Å². The molecule has 0 unspecified atom stereocenters. The molecule has 0 atom stereocenters. The van der Waals surface area contributed by atoms with E-state index in [9.17, 15) is 9.18 Å². The first-order valence-corrected chi connectivity index (χ1v) is 8.99. The van der Waals surface area contributed by atoms with Crippen molar-refractivity contribution in [3.63, 3.8) is 0 Å². The van der Waals surface area contributed by atoms with Gasteiger partial charge in [-0.05, 0) is 48.0 Å². The molecule has 0 aliphatic rings. The Morgan fingerprint density at radius 2 is 1.85 bits per heavy atom. The maximum absolute atomic E-state index is 13.9. The Labute approximate surface area is 162 Å². The van der Waals surface area contributed by atoms with Gasteiger partial charge in [-0.1, -0.05) is 39.3 Å². The van der Waals surface area contributed by atoms with Crippen molar-refractivity contribution in [3.8, 4) is 5.75 Å². The number of ether oxygens (including phenoxy) is 1. The van der Waals surface area contributed by atoms with E-state index in [1.54, 1.807) is 60.7 Å². The van der Waals surface area contributed by atoms with Gasteiger partial charge in [0.25, 0.3) is 0 Å². The highest BCUT2D eigenvalue weighted by atomic mass is 79.9. The van der Waals surface area contributed by atoms with Crippen molar-refractivity contribution >= 4 is 32.9 Å². The van der Waals surface area contributed by atoms with Crippen molar-refractivity contribution in [1.82, 2.24) is 5.16 Å². The van der Waals surface area contributed by atoms with E-state index in [2.05, 4.69) is 21.1 Å². The van der Waals surface area contributed by atoms with Gasteiger partial charge in [-0.2, -0.15) is 0 Å². The summed E-state index contributed by atoms with van der Waals surface area (Å²) in [6, 6.07) is 18.5. The summed E-state index contributed by atoms with van der Waals surface area (Å²) in [7, 11) is 0. The maximum Gasteiger partial charge on any atom is 0.343 e. The second-order valence-electron chi connectivity index (χ2n) is 5.95. The van der Waals surface area contributed by atoms with Crippen LogP contribution in [0.3, 0.4) is 0 Å². The summed E-state index contributed by atoms with van der Waals surface area (Å²) in [5, 5.41) is 4.78. The quantitative estimate of drug-likeness (QED) is 0.318. The Bertz CT molecular complexity index is 1120. The molecule has 0 amide bonds. The number of nitrogens with zero attached hydrogens (tertiary/aromatic N) is 1. The minimum atomic E-state index is -0.465. The third-order valence-corrected chi connectivity index (χ3v) is 4.65. The van der Waals surface area contributed by atoms with Crippen LogP contribution in [0, 0.1) is 5.82 Å². The van der Waals surface area contributed by atoms with Crippen molar-refractivity contribution in [1.29, 1.82) is 0 Å². The summed E-state index contributed by atoms with van der Waals surface area (Å²) >= 11 is 3.32. The Morgan fingerprint density at radius 3 is 2.63 bits per heavy atom. The monoisotopic (exact) mass is 425 g/mol. The summed E-state index contributed by atoms with van der Waals surface area (Å²) in [6.45, 7) is 0. The Hall–Kier alpha value is -2.99. The Balaban J connectivity index is 1.56. The molecule has 0 radical (unpaired) electrons. The van der Waals surface area contributed by atoms with Crippen LogP contribution in [0.2, 0.25) is 0 Å². The smallest absolute Gasteiger partial charge is 0.343 e. The van der Waals surface area contributed by atoms with Crippen molar-refractivity contribution in [2.75, 3.05) is 0 Å². The highest BCUT2D eigenvalue weighted by molar-refractivity contribution is 9.10. The van der Waals surface area contributed by atoms with Gasteiger partial charge in [0.15, 0.2) is 5.58 Å². The van der Waals surface area contributed by atoms with Crippen LogP contribution in [-0.2, 0) is 6.42 Å². The van der Waals surface area contributed by atoms with Gasteiger partial charge in [0.2, 0.25) is 0 Å². The predicted octanol–water partition coefficient (Wildman–Crippen LogP) is 5.54. The minimum Gasteiger partial charge on any atom is -0.423 e. The summed E-state index contributed by atoms with van der Waals surface area (Å²) in [4.78, 5) is 12.2. The van der Waals surface area contributed by atoms with Gasteiger partial charge in [0.05, 0.1) is 11.3 Å². The molecular weight excluding hydrogens is 413 g/mol. The number of carbonyl (C=O) groups excluding carboxylic acids is 1. The SMILES string of the molecule is O=C(Oc1ccc2c(Cc3ccccc3F)noc2c1)c1ccc(Br)cc1. The third kappa shape index (κ3) is 3.75. The molecule has 4 aromatic rings. The fourth-order valence-electron chi connectivity index (χ4n) is 2.74. The zero-order valence-corrected chi connectivity index (χ0v) is 15.6. The second-order valence-corrected chi connectivity index (χ2v) is 6.87. The van der Waals surface area contributed by atoms with Crippen molar-refractivity contribution < 1.29 is 18.4 Å². The second kappa shape index (κ2) is 7.32. The van der Waals surface area contributed by atoms with E-state index in [0.717, 1.165) is 9.86 Å². The van der Waals surface area contributed by atoms with Crippen LogP contribution in [0.5, 0.6) is 5.75 Å². The zero-order chi connectivity index (χ0) is 18.8. The van der Waals surface area contributed by atoms with E-state index in [1.165, 1.54) is 6.07 Å². The van der Waals surface area contributed by atoms with Crippen LogP contribution in [0.15, 0.2) is 75.7 Å². The number of halogens is 2. The first-order chi connectivity index (χ1) is 13.1. The van der Waals surface area contributed by atoms with E-state index < -0.39 is 5.97 Å². The first-order valence-electron chi connectivity index (χ1n) is 8.19. The molecule has 0 spiro atoms. The summed E-state index contributed by atoms with van der Waals surface area (Å²) in [5.41, 5.74) is 2.08. The van der Waals surface area contributed by atoms with Crippen molar-refractivity contribution in [3.05, 3.63) is 93.8 Å². The number of esters is 1. The van der Waals surface area contributed by atoms with Gasteiger partial charge < -0.3 is 9.26 Å². The van der Waals surface area contributed by atoms with E-state index in [4.69, 9.17) is 9.26 Å². The van der Waals surface area contributed by atoms with Gasteiger partial charge in [-0.15, -0.1) is 0 Å². The molecule has 3 aromatic carbocycles. The van der Waals surface area contributed by atoms with Crippen LogP contribution in [0.1, 0.15) is 21.6 Å². The summed E-state index contributed by atoms with van der Waals surface area (Å²) < 4.78 is 25.5. The van der Waals surface area contributed by atoms with Crippen LogP contribution in [0.25, 0.3) is 11.0 Å². The van der Waals surface area contributed by atoms with Crippen molar-refractivity contribution in [2.24, 2.45) is 0 Å². The average molecular weight is 426 g/mol. The highest BCUT2D eigenvalue weighted by Gasteiger charge is 2.14. The molecule has 6 heteroatoms. The predicted molar refractivity (Wildman–Crippen MR) is 102 cm³/mol. The van der Waals surface area contributed by atoms with Gasteiger partial charge in [-0.3, -0.25) is 0 Å². The highest BCUT2D eigenvalue weighted by Crippen LogP contribution is 2.26. The normalized spacial score (nSPS) is 10.9. The Kier molecular flexibility index (Phi) is 4.73. The molecule has 4 rings (SSSR count). The van der Waals surface area contributed by atoms with E-state index >= 15 is 0 Å². The van der Waals surface area contributed by atoms with E-state index in [0.29, 0.717) is 34.6 Å². The number of fused-ring (bicyclic) bond motifs is 1. The molecule has 1 heterocycles. The van der Waals surface area contributed by atoms with E-state index in [-0.39, 0.29) is 5.82 Å². The average Bonchev–Trinajstić information content (AvgIpc) is 3.06. The molecule has 27 heavy (non-hydrogen) atoms. The molecule has 134 valence electrons. The molecule has 0 saturated heterocycles. The van der Waals surface area contributed by atoms with Crippen LogP contribution >= 0.6 is 15.9 Å². The maximum atomic E-state index is 13.9. The molecule has 0 saturated carbocycles. The molecule has 0 bridgehead atoms. The number of rotatable bonds is 4. The molecule has 4 nitrogen and oxygen atoms in total. The lowest BCUT2D eigenvalue weighted by atomic mass is 10.1. The largest absolute Gasteiger partial charge is 0.423 e. The van der Waals surface area contributed by atoms with Crippen LogP contribution in [-0.4, -0.2) is 11.1 Å². The number of carbonyl (C=O) groups is 1. The van der Waals surface area contributed by atoms with Gasteiger partial charge >= 0.3 is 5.97 Å². The number of hydrogen-bond acceptors (Lipinski definition) is 4. The molecular formula is C21H13BrFNO3. The third-order valence-electron chi connectivity index (χ3n) is 4.12. The molecule has 0 aliphatic heterocycles. The van der Waals surface area contributed by atoms with Crippen LogP contribution < -0.4 is 4.74 Å². The zero-order valence-electron chi connectivity index (χ0n) is 14.0. The first kappa shape index (κ1) is 17.4. The van der Waals surface area contributed by atoms with Crippen molar-refractivity contribution in [2.45, 2.75) is 6.42 Å². The molecule has 0 fully saturated rings. The summed E-state index contributed by atoms with van der Waals surface area (Å²) in [6.07, 6.45) is 0.317. The molecule has 0 N–H and O–H groups in total. The lowest BCUT2D eigenvalue weighted by Crippen LogP contribution is -2.08. The lowest BCUT2D eigenvalue weighted by Gasteiger charge is -2.04. The van der Waals surface area contributed by atoms with Crippen LogP contribution in [0.4, 0.5) is 4.39 Å². The summed E-state index contributed by atoms with van der Waals surface area (Å²) in [5.74, 6) is -0.398. The number of aromatic nitrogens is 1. The minimum absolute atomic E-state index is 0.284. The van der Waals surface area contributed by atoms with Gasteiger partial charge in [-0.25, -0.2) is 9.18 Å². The fraction of sp³-hybridized carbons (Fsp3) is 0.0476. The number of benzene rings is 3. The van der Waals surface area contributed by atoms with Gasteiger partial charge in [0, 0.05) is 22.3 Å². The topological polar surface area (TPSA) is 52.3 Å². The standard InChI is InChI=1S/C21H13BrFNO3/c22-15-7-5-13(6-8-15)21(25)26-16-9-10-17-19(24-27-20(17)12-16)11-14-3-1-2-4-18(14)23/h1-10,12H,11H2.